The van der Waals surface area contributed by atoms with E-state index in [2.05, 4.69) is 5.32 Å². The van der Waals surface area contributed by atoms with E-state index in [4.69, 9.17) is 23.2 Å². The van der Waals surface area contributed by atoms with Crippen LogP contribution in [0, 0.1) is 0 Å². The lowest BCUT2D eigenvalue weighted by molar-refractivity contribution is -0.132. The summed E-state index contributed by atoms with van der Waals surface area (Å²) < 4.78 is 0. The quantitative estimate of drug-likeness (QED) is 0.532. The smallest absolute Gasteiger partial charge is 0.352 e. The van der Waals surface area contributed by atoms with Crippen LogP contribution in [-0.2, 0) is 4.79 Å². The minimum Gasteiger partial charge on any atom is -0.477 e. The minimum atomic E-state index is -1.24. The van der Waals surface area contributed by atoms with Gasteiger partial charge in [0.25, 0.3) is 5.91 Å². The van der Waals surface area contributed by atoms with Crippen LogP contribution in [0.3, 0.4) is 0 Å². The predicted octanol–water partition coefficient (Wildman–Crippen LogP) is 5.58. The van der Waals surface area contributed by atoms with Crippen LogP contribution < -0.4 is 5.32 Å². The third-order valence-corrected chi connectivity index (χ3v) is 5.25. The number of rotatable bonds is 5. The molecular weight excluding hydrogens is 405 g/mol. The van der Waals surface area contributed by atoms with Gasteiger partial charge in [-0.05, 0) is 42.5 Å². The summed E-state index contributed by atoms with van der Waals surface area (Å²) in [5.41, 5.74) is 0.911. The van der Waals surface area contributed by atoms with Gasteiger partial charge in [0.05, 0.1) is 0 Å². The maximum atomic E-state index is 12.3. The largest absolute Gasteiger partial charge is 0.477 e. The number of nitrogens with one attached hydrogen (secondary N) is 1. The number of halogens is 2. The molecule has 1 amide bonds. The Hall–Kier alpha value is -2.60. The van der Waals surface area contributed by atoms with Crippen LogP contribution in [0.4, 0.5) is 0 Å². The average molecular weight is 418 g/mol. The van der Waals surface area contributed by atoms with Gasteiger partial charge in [-0.15, -0.1) is 11.3 Å². The molecule has 0 unspecified atom stereocenters. The van der Waals surface area contributed by atoms with E-state index in [1.54, 1.807) is 30.3 Å². The van der Waals surface area contributed by atoms with Crippen molar-refractivity contribution in [2.24, 2.45) is 0 Å². The van der Waals surface area contributed by atoms with Crippen LogP contribution in [0.2, 0.25) is 10.0 Å². The molecule has 0 radical (unpaired) electrons. The first-order valence-corrected chi connectivity index (χ1v) is 9.38. The summed E-state index contributed by atoms with van der Waals surface area (Å²) in [4.78, 5) is 25.4. The highest BCUT2D eigenvalue weighted by atomic mass is 35.5. The van der Waals surface area contributed by atoms with E-state index in [-0.39, 0.29) is 11.3 Å². The fourth-order valence-corrected chi connectivity index (χ4v) is 3.83. The topological polar surface area (TPSA) is 66.4 Å². The van der Waals surface area contributed by atoms with E-state index < -0.39 is 11.9 Å². The maximum absolute atomic E-state index is 12.3. The molecular formula is C20H13Cl2NO3S. The number of carbonyl (C=O) groups excluding carboxylic acids is 1. The molecule has 0 spiro atoms. The fraction of sp³-hybridized carbons (Fsp3) is 0. The molecule has 0 aliphatic carbocycles. The van der Waals surface area contributed by atoms with Crippen molar-refractivity contribution < 1.29 is 14.7 Å². The Bertz CT molecular complexity index is 1040. The maximum Gasteiger partial charge on any atom is 0.352 e. The highest BCUT2D eigenvalue weighted by molar-refractivity contribution is 7.16. The summed E-state index contributed by atoms with van der Waals surface area (Å²) >= 11 is 13.4. The SMILES string of the molecule is O=C(O)/C(=C\c1ccc(-c2ccccc2Cl)s1)NC(=O)c1cccc(Cl)c1. The molecule has 27 heavy (non-hydrogen) atoms. The Kier molecular flexibility index (Phi) is 5.96. The van der Waals surface area contributed by atoms with Crippen molar-refractivity contribution in [3.05, 3.63) is 86.8 Å². The molecule has 2 aromatic carbocycles. The number of carbonyl (C=O) groups is 2. The summed E-state index contributed by atoms with van der Waals surface area (Å²) in [6.07, 6.45) is 1.41. The van der Waals surface area contributed by atoms with Crippen LogP contribution in [0.15, 0.2) is 66.4 Å². The van der Waals surface area contributed by atoms with Gasteiger partial charge < -0.3 is 10.4 Å². The molecule has 2 N–H and O–H groups in total. The van der Waals surface area contributed by atoms with Crippen molar-refractivity contribution >= 4 is 52.5 Å². The Morgan fingerprint density at radius 2 is 1.78 bits per heavy atom. The van der Waals surface area contributed by atoms with Crippen LogP contribution in [0.5, 0.6) is 0 Å². The molecule has 3 aromatic rings. The number of benzene rings is 2. The van der Waals surface area contributed by atoms with E-state index in [0.29, 0.717) is 14.9 Å². The van der Waals surface area contributed by atoms with Gasteiger partial charge in [-0.1, -0.05) is 47.5 Å². The van der Waals surface area contributed by atoms with Gasteiger partial charge >= 0.3 is 5.97 Å². The summed E-state index contributed by atoms with van der Waals surface area (Å²) in [7, 11) is 0. The highest BCUT2D eigenvalue weighted by Crippen LogP contribution is 2.33. The third kappa shape index (κ3) is 4.77. The third-order valence-electron chi connectivity index (χ3n) is 3.62. The number of hydrogen-bond donors (Lipinski definition) is 2. The fourth-order valence-electron chi connectivity index (χ4n) is 2.35. The van der Waals surface area contributed by atoms with Gasteiger partial charge in [-0.3, -0.25) is 4.79 Å². The van der Waals surface area contributed by atoms with Crippen molar-refractivity contribution in [1.29, 1.82) is 0 Å². The molecule has 0 saturated heterocycles. The number of aliphatic carboxylic acids is 1. The molecule has 0 atom stereocenters. The van der Waals surface area contributed by atoms with E-state index in [1.165, 1.54) is 23.5 Å². The number of amides is 1. The Balaban J connectivity index is 1.85. The van der Waals surface area contributed by atoms with Gasteiger partial charge in [0.2, 0.25) is 0 Å². The number of thiophene rings is 1. The van der Waals surface area contributed by atoms with Crippen molar-refractivity contribution in [3.63, 3.8) is 0 Å². The first-order valence-electron chi connectivity index (χ1n) is 7.80. The molecule has 0 fully saturated rings. The molecule has 0 aliphatic heterocycles. The van der Waals surface area contributed by atoms with E-state index in [9.17, 15) is 14.7 Å². The molecule has 4 nitrogen and oxygen atoms in total. The Morgan fingerprint density at radius 1 is 1.00 bits per heavy atom. The molecule has 136 valence electrons. The zero-order chi connectivity index (χ0) is 19.4. The van der Waals surface area contributed by atoms with E-state index >= 15 is 0 Å². The second-order valence-electron chi connectivity index (χ2n) is 5.51. The van der Waals surface area contributed by atoms with Crippen molar-refractivity contribution in [2.75, 3.05) is 0 Å². The lowest BCUT2D eigenvalue weighted by Gasteiger charge is -2.06. The summed E-state index contributed by atoms with van der Waals surface area (Å²) in [6.45, 7) is 0. The number of carboxylic acids is 1. The lowest BCUT2D eigenvalue weighted by atomic mass is 10.2. The van der Waals surface area contributed by atoms with Gasteiger partial charge in [0.1, 0.15) is 5.70 Å². The van der Waals surface area contributed by atoms with Crippen LogP contribution in [-0.4, -0.2) is 17.0 Å². The summed E-state index contributed by atoms with van der Waals surface area (Å²) in [5, 5.41) is 12.8. The zero-order valence-corrected chi connectivity index (χ0v) is 16.1. The molecule has 7 heteroatoms. The van der Waals surface area contributed by atoms with Crippen LogP contribution >= 0.6 is 34.5 Å². The van der Waals surface area contributed by atoms with E-state index in [0.717, 1.165) is 10.4 Å². The first kappa shape index (κ1) is 19.2. The number of carboxylic acid groups (broad SMARTS) is 1. The first-order chi connectivity index (χ1) is 12.9. The molecule has 0 aliphatic rings. The minimum absolute atomic E-state index is 0.229. The standard InChI is InChI=1S/C20H13Cl2NO3S/c21-13-5-3-4-12(10-13)19(24)23-17(20(25)26)11-14-8-9-18(27-14)15-6-1-2-7-16(15)22/h1-11H,(H,23,24)(H,25,26)/b17-11+. The zero-order valence-electron chi connectivity index (χ0n) is 13.8. The van der Waals surface area contributed by atoms with E-state index in [1.807, 2.05) is 24.3 Å². The van der Waals surface area contributed by atoms with Gasteiger partial charge in [0.15, 0.2) is 0 Å². The van der Waals surface area contributed by atoms with Crippen molar-refractivity contribution in [2.45, 2.75) is 0 Å². The Morgan fingerprint density at radius 3 is 2.48 bits per heavy atom. The number of hydrogen-bond acceptors (Lipinski definition) is 3. The lowest BCUT2D eigenvalue weighted by Crippen LogP contribution is -2.27. The van der Waals surface area contributed by atoms with Gasteiger partial charge in [0, 0.05) is 30.9 Å². The average Bonchev–Trinajstić information content (AvgIpc) is 3.09. The molecule has 1 heterocycles. The second kappa shape index (κ2) is 8.39. The monoisotopic (exact) mass is 417 g/mol. The predicted molar refractivity (Wildman–Crippen MR) is 109 cm³/mol. The molecule has 3 rings (SSSR count). The Labute approximate surface area is 169 Å². The molecule has 0 bridgehead atoms. The normalized spacial score (nSPS) is 11.3. The second-order valence-corrected chi connectivity index (χ2v) is 7.47. The van der Waals surface area contributed by atoms with Gasteiger partial charge in [-0.25, -0.2) is 4.79 Å². The molecule has 0 saturated carbocycles. The molecule has 1 aromatic heterocycles. The summed E-state index contributed by atoms with van der Waals surface area (Å²) in [6, 6.07) is 17.3. The van der Waals surface area contributed by atoms with Gasteiger partial charge in [-0.2, -0.15) is 0 Å². The summed E-state index contributed by atoms with van der Waals surface area (Å²) in [5.74, 6) is -1.79. The van der Waals surface area contributed by atoms with Crippen LogP contribution in [0.25, 0.3) is 16.5 Å². The van der Waals surface area contributed by atoms with Crippen molar-refractivity contribution in [3.8, 4) is 10.4 Å². The van der Waals surface area contributed by atoms with Crippen molar-refractivity contribution in [1.82, 2.24) is 5.32 Å². The highest BCUT2D eigenvalue weighted by Gasteiger charge is 2.14. The van der Waals surface area contributed by atoms with Crippen LogP contribution in [0.1, 0.15) is 15.2 Å².